The Hall–Kier alpha value is -2.09. The topological polar surface area (TPSA) is 58.5 Å². The largest absolute Gasteiger partial charge is 0.439 e. The highest BCUT2D eigenvalue weighted by Gasteiger charge is 2.20. The van der Waals surface area contributed by atoms with E-state index in [1.807, 2.05) is 29.8 Å². The maximum Gasteiger partial charge on any atom is 0.204 e. The smallest absolute Gasteiger partial charge is 0.204 e. The van der Waals surface area contributed by atoms with Crippen molar-refractivity contribution in [1.29, 1.82) is 0 Å². The van der Waals surface area contributed by atoms with Gasteiger partial charge in [-0.1, -0.05) is 15.9 Å². The third-order valence-corrected chi connectivity index (χ3v) is 6.34. The number of rotatable bonds is 2. The van der Waals surface area contributed by atoms with E-state index in [1.165, 1.54) is 11.3 Å². The molecule has 1 saturated heterocycles. The number of thiophene rings is 1. The number of H-pyrrole nitrogens is 1. The quantitative estimate of drug-likeness (QED) is 0.504. The van der Waals surface area contributed by atoms with Gasteiger partial charge in [0.15, 0.2) is 11.5 Å². The summed E-state index contributed by atoms with van der Waals surface area (Å²) >= 11 is 5.10. The van der Waals surface area contributed by atoms with E-state index in [-0.39, 0.29) is 5.43 Å². The van der Waals surface area contributed by atoms with E-state index in [0.29, 0.717) is 29.4 Å². The number of halogens is 1. The van der Waals surface area contributed by atoms with E-state index in [4.69, 9.17) is 9.15 Å². The van der Waals surface area contributed by atoms with Crippen LogP contribution in [0.2, 0.25) is 0 Å². The zero-order valence-corrected chi connectivity index (χ0v) is 16.2. The van der Waals surface area contributed by atoms with E-state index in [2.05, 4.69) is 25.8 Å². The monoisotopic (exact) mass is 430 g/mol. The Morgan fingerprint density at radius 2 is 2.04 bits per heavy atom. The Balaban J connectivity index is 1.76. The van der Waals surface area contributed by atoms with Gasteiger partial charge in [0.1, 0.15) is 4.70 Å². The van der Waals surface area contributed by atoms with Crippen molar-refractivity contribution >= 4 is 54.3 Å². The highest BCUT2D eigenvalue weighted by molar-refractivity contribution is 9.10. The summed E-state index contributed by atoms with van der Waals surface area (Å²) in [5.41, 5.74) is 3.68. The second-order valence-electron chi connectivity index (χ2n) is 6.22. The first-order chi connectivity index (χ1) is 12.7. The lowest BCUT2D eigenvalue weighted by molar-refractivity contribution is 0.121. The van der Waals surface area contributed by atoms with Gasteiger partial charge in [0.2, 0.25) is 5.43 Å². The van der Waals surface area contributed by atoms with Gasteiger partial charge < -0.3 is 19.0 Å². The molecule has 4 aromatic rings. The molecule has 0 amide bonds. The molecule has 4 heterocycles. The van der Waals surface area contributed by atoms with Gasteiger partial charge in [0.05, 0.1) is 13.2 Å². The number of ether oxygens (including phenoxy) is 1. The third-order valence-electron chi connectivity index (χ3n) is 4.71. The van der Waals surface area contributed by atoms with Crippen molar-refractivity contribution in [1.82, 2.24) is 4.98 Å². The summed E-state index contributed by atoms with van der Waals surface area (Å²) in [6.07, 6.45) is 1.92. The van der Waals surface area contributed by atoms with Crippen LogP contribution >= 0.6 is 27.3 Å². The first kappa shape index (κ1) is 16.1. The third kappa shape index (κ3) is 2.50. The summed E-state index contributed by atoms with van der Waals surface area (Å²) in [5, 5.41) is 3.10. The highest BCUT2D eigenvalue weighted by Crippen LogP contribution is 2.41. The van der Waals surface area contributed by atoms with Crippen LogP contribution < -0.4 is 10.3 Å². The number of hydrogen-bond acceptors (Lipinski definition) is 5. The fourth-order valence-electron chi connectivity index (χ4n) is 3.42. The molecule has 0 radical (unpaired) electrons. The number of nitrogens with zero attached hydrogens (tertiary/aromatic N) is 1. The Labute approximate surface area is 161 Å². The van der Waals surface area contributed by atoms with E-state index >= 15 is 0 Å². The van der Waals surface area contributed by atoms with Crippen molar-refractivity contribution in [2.45, 2.75) is 0 Å². The zero-order valence-electron chi connectivity index (χ0n) is 13.8. The molecule has 0 saturated carbocycles. The first-order valence-electron chi connectivity index (χ1n) is 8.36. The SMILES string of the molecule is O=c1cc(N2CCOCC2)oc2c(-c3c(Br)ccc4[nH]ccc34)csc12. The van der Waals surface area contributed by atoms with Crippen LogP contribution in [0.5, 0.6) is 0 Å². The van der Waals surface area contributed by atoms with Crippen molar-refractivity contribution in [3.05, 3.63) is 50.5 Å². The second kappa shape index (κ2) is 6.26. The van der Waals surface area contributed by atoms with Gasteiger partial charge >= 0.3 is 0 Å². The maximum absolute atomic E-state index is 12.7. The van der Waals surface area contributed by atoms with Crippen LogP contribution in [-0.4, -0.2) is 31.3 Å². The second-order valence-corrected chi connectivity index (χ2v) is 7.95. The lowest BCUT2D eigenvalue weighted by Gasteiger charge is -2.27. The van der Waals surface area contributed by atoms with Crippen molar-refractivity contribution in [3.8, 4) is 11.1 Å². The molecule has 1 N–H and O–H groups in total. The van der Waals surface area contributed by atoms with Crippen molar-refractivity contribution in [2.75, 3.05) is 31.2 Å². The van der Waals surface area contributed by atoms with Crippen LogP contribution in [0.15, 0.2) is 49.5 Å². The number of fused-ring (bicyclic) bond motifs is 2. The molecule has 1 fully saturated rings. The molecule has 0 atom stereocenters. The minimum Gasteiger partial charge on any atom is -0.439 e. The lowest BCUT2D eigenvalue weighted by Crippen LogP contribution is -2.36. The van der Waals surface area contributed by atoms with E-state index < -0.39 is 0 Å². The number of hydrogen-bond donors (Lipinski definition) is 1. The van der Waals surface area contributed by atoms with Gasteiger partial charge in [-0.3, -0.25) is 4.79 Å². The van der Waals surface area contributed by atoms with Crippen molar-refractivity contribution in [2.24, 2.45) is 0 Å². The molecule has 1 aliphatic rings. The average Bonchev–Trinajstić information content (AvgIpc) is 3.30. The van der Waals surface area contributed by atoms with Crippen molar-refractivity contribution in [3.63, 3.8) is 0 Å². The van der Waals surface area contributed by atoms with Crippen LogP contribution in [0.3, 0.4) is 0 Å². The number of benzene rings is 1. The van der Waals surface area contributed by atoms with E-state index in [1.54, 1.807) is 6.07 Å². The van der Waals surface area contributed by atoms with Gasteiger partial charge in [-0.05, 0) is 18.2 Å². The van der Waals surface area contributed by atoms with Crippen molar-refractivity contribution < 1.29 is 9.15 Å². The molecule has 0 spiro atoms. The molecule has 1 aliphatic heterocycles. The predicted octanol–water partition coefficient (Wildman–Crippen LogP) is 4.60. The maximum atomic E-state index is 12.7. The normalized spacial score (nSPS) is 15.2. The Kier molecular flexibility index (Phi) is 3.88. The molecule has 5 nitrogen and oxygen atoms in total. The number of morpholine rings is 1. The predicted molar refractivity (Wildman–Crippen MR) is 108 cm³/mol. The molecule has 0 aliphatic carbocycles. The Bertz CT molecular complexity index is 1170. The van der Waals surface area contributed by atoms with Crippen LogP contribution in [0.25, 0.3) is 32.3 Å². The summed E-state index contributed by atoms with van der Waals surface area (Å²) in [6, 6.07) is 7.69. The molecule has 0 unspecified atom stereocenters. The van der Waals surface area contributed by atoms with Gasteiger partial charge in [0, 0.05) is 57.2 Å². The fourth-order valence-corrected chi connectivity index (χ4v) is 4.88. The average molecular weight is 431 g/mol. The summed E-state index contributed by atoms with van der Waals surface area (Å²) < 4.78 is 13.3. The molecule has 0 bridgehead atoms. The van der Waals surface area contributed by atoms with Crippen LogP contribution in [-0.2, 0) is 4.74 Å². The number of aromatic nitrogens is 1. The van der Waals surface area contributed by atoms with Gasteiger partial charge in [-0.25, -0.2) is 0 Å². The van der Waals surface area contributed by atoms with Crippen LogP contribution in [0.4, 0.5) is 5.88 Å². The fraction of sp³-hybridized carbons (Fsp3) is 0.211. The molecule has 7 heteroatoms. The van der Waals surface area contributed by atoms with Gasteiger partial charge in [-0.2, -0.15) is 0 Å². The summed E-state index contributed by atoms with van der Waals surface area (Å²) in [7, 11) is 0. The minimum atomic E-state index is 0.00126. The first-order valence-corrected chi connectivity index (χ1v) is 10.0. The summed E-state index contributed by atoms with van der Waals surface area (Å²) in [4.78, 5) is 18.0. The molecule has 5 rings (SSSR count). The highest BCUT2D eigenvalue weighted by atomic mass is 79.9. The van der Waals surface area contributed by atoms with E-state index in [9.17, 15) is 4.79 Å². The Morgan fingerprint density at radius 3 is 2.88 bits per heavy atom. The number of aromatic amines is 1. The van der Waals surface area contributed by atoms with Crippen LogP contribution in [0, 0.1) is 0 Å². The lowest BCUT2D eigenvalue weighted by atomic mass is 10.0. The molecule has 132 valence electrons. The molecule has 1 aromatic carbocycles. The molecule has 3 aromatic heterocycles. The number of anilines is 1. The summed E-state index contributed by atoms with van der Waals surface area (Å²) in [6.45, 7) is 2.74. The summed E-state index contributed by atoms with van der Waals surface area (Å²) in [5.74, 6) is 0.614. The van der Waals surface area contributed by atoms with Crippen LogP contribution in [0.1, 0.15) is 0 Å². The number of nitrogens with one attached hydrogen (secondary N) is 1. The van der Waals surface area contributed by atoms with Gasteiger partial charge in [-0.15, -0.1) is 11.3 Å². The zero-order chi connectivity index (χ0) is 17.7. The van der Waals surface area contributed by atoms with E-state index in [0.717, 1.165) is 39.6 Å². The Morgan fingerprint density at radius 1 is 1.19 bits per heavy atom. The molecule has 26 heavy (non-hydrogen) atoms. The molecular weight excluding hydrogens is 416 g/mol. The standard InChI is InChI=1S/C19H15BrN2O3S/c20-13-1-2-14-11(3-4-21-14)17(13)12-10-26-19-15(23)9-16(25-18(12)19)22-5-7-24-8-6-22/h1-4,9-10,21H,5-8H2. The minimum absolute atomic E-state index is 0.00126. The molecular formula is C19H15BrN2O3S. The van der Waals surface area contributed by atoms with Gasteiger partial charge in [0.25, 0.3) is 0 Å².